The van der Waals surface area contributed by atoms with Crippen molar-refractivity contribution in [1.29, 1.82) is 0 Å². The number of carbonyl (C=O) groups excluding carboxylic acids is 2. The van der Waals surface area contributed by atoms with E-state index in [0.29, 0.717) is 30.9 Å². The highest BCUT2D eigenvalue weighted by Gasteiger charge is 2.27. The van der Waals surface area contributed by atoms with E-state index in [2.05, 4.69) is 16.0 Å². The molecule has 2 aromatic rings. The van der Waals surface area contributed by atoms with E-state index in [0.717, 1.165) is 31.2 Å². The molecule has 0 unspecified atom stereocenters. The maximum absolute atomic E-state index is 13.2. The zero-order valence-corrected chi connectivity index (χ0v) is 19.1. The molecule has 0 radical (unpaired) electrons. The fraction of sp³-hybridized carbons (Fsp3) is 0.391. The van der Waals surface area contributed by atoms with Crippen molar-refractivity contribution in [2.75, 3.05) is 25.0 Å². The van der Waals surface area contributed by atoms with E-state index in [1.165, 1.54) is 0 Å². The number of imide groups is 1. The van der Waals surface area contributed by atoms with Gasteiger partial charge in [-0.15, -0.1) is 0 Å². The second-order valence-electron chi connectivity index (χ2n) is 7.87. The number of hydrogen-bond donors (Lipinski definition) is 3. The summed E-state index contributed by atoms with van der Waals surface area (Å²) >= 11 is 0. The maximum atomic E-state index is 13.2. The van der Waals surface area contributed by atoms with E-state index in [1.54, 1.807) is 29.4 Å². The van der Waals surface area contributed by atoms with Gasteiger partial charge in [0.2, 0.25) is 15.9 Å². The first-order valence-corrected chi connectivity index (χ1v) is 12.3. The zero-order chi connectivity index (χ0) is 23.0. The number of anilines is 1. The van der Waals surface area contributed by atoms with Crippen LogP contribution in [0.25, 0.3) is 0 Å². The molecule has 2 aromatic carbocycles. The molecule has 1 aliphatic rings. The molecule has 3 rings (SSSR count). The third-order valence-corrected chi connectivity index (χ3v) is 7.41. The number of amides is 3. The molecule has 32 heavy (non-hydrogen) atoms. The van der Waals surface area contributed by atoms with Crippen molar-refractivity contribution in [2.24, 2.45) is 0 Å². The first kappa shape index (κ1) is 23.7. The van der Waals surface area contributed by atoms with Crippen LogP contribution in [0.15, 0.2) is 53.4 Å². The number of sulfonamides is 1. The van der Waals surface area contributed by atoms with Crippen LogP contribution < -0.4 is 16.0 Å². The summed E-state index contributed by atoms with van der Waals surface area (Å²) in [4.78, 5) is 24.3. The van der Waals surface area contributed by atoms with E-state index in [9.17, 15) is 18.0 Å². The first-order valence-electron chi connectivity index (χ1n) is 10.8. The SMILES string of the molecule is Cc1ccc(NCC(=O)NC(=O)NCc2ccccc2)cc1S(=O)(=O)N1CCCCCC1. The normalized spacial score (nSPS) is 14.9. The highest BCUT2D eigenvalue weighted by molar-refractivity contribution is 7.89. The number of aryl methyl sites for hydroxylation is 1. The summed E-state index contributed by atoms with van der Waals surface area (Å²) in [5.41, 5.74) is 2.08. The van der Waals surface area contributed by atoms with Crippen LogP contribution in [0.5, 0.6) is 0 Å². The van der Waals surface area contributed by atoms with Gasteiger partial charge in [-0.3, -0.25) is 10.1 Å². The summed E-state index contributed by atoms with van der Waals surface area (Å²) in [7, 11) is -3.60. The lowest BCUT2D eigenvalue weighted by Gasteiger charge is -2.21. The zero-order valence-electron chi connectivity index (χ0n) is 18.3. The number of rotatable bonds is 7. The molecular weight excluding hydrogens is 428 g/mol. The Balaban J connectivity index is 1.56. The Morgan fingerprint density at radius 3 is 2.34 bits per heavy atom. The van der Waals surface area contributed by atoms with Gasteiger partial charge in [0.05, 0.1) is 11.4 Å². The molecule has 0 saturated carbocycles. The van der Waals surface area contributed by atoms with E-state index >= 15 is 0 Å². The highest BCUT2D eigenvalue weighted by atomic mass is 32.2. The smallest absolute Gasteiger partial charge is 0.321 e. The number of hydrogen-bond acceptors (Lipinski definition) is 5. The minimum absolute atomic E-state index is 0.162. The van der Waals surface area contributed by atoms with Crippen LogP contribution in [0.3, 0.4) is 0 Å². The molecule has 1 saturated heterocycles. The van der Waals surface area contributed by atoms with Gasteiger partial charge in [0.1, 0.15) is 0 Å². The van der Waals surface area contributed by atoms with Crippen molar-refractivity contribution >= 4 is 27.6 Å². The summed E-state index contributed by atoms with van der Waals surface area (Å²) in [6, 6.07) is 13.8. The van der Waals surface area contributed by atoms with Crippen LogP contribution in [0.4, 0.5) is 10.5 Å². The van der Waals surface area contributed by atoms with Crippen LogP contribution >= 0.6 is 0 Å². The van der Waals surface area contributed by atoms with E-state index in [4.69, 9.17) is 0 Å². The first-order chi connectivity index (χ1) is 15.4. The van der Waals surface area contributed by atoms with Crippen LogP contribution in [0, 0.1) is 6.92 Å². The van der Waals surface area contributed by atoms with Gasteiger partial charge in [-0.25, -0.2) is 13.2 Å². The Morgan fingerprint density at radius 1 is 0.969 bits per heavy atom. The highest BCUT2D eigenvalue weighted by Crippen LogP contribution is 2.25. The molecular formula is C23H30N4O4S. The Labute approximate surface area is 189 Å². The van der Waals surface area contributed by atoms with E-state index in [-0.39, 0.29) is 11.4 Å². The molecule has 0 aromatic heterocycles. The van der Waals surface area contributed by atoms with Crippen molar-refractivity contribution < 1.29 is 18.0 Å². The van der Waals surface area contributed by atoms with Crippen molar-refractivity contribution in [2.45, 2.75) is 44.0 Å². The van der Waals surface area contributed by atoms with Gasteiger partial charge in [-0.2, -0.15) is 4.31 Å². The third kappa shape index (κ3) is 6.54. The van der Waals surface area contributed by atoms with Crippen molar-refractivity contribution in [3.8, 4) is 0 Å². The molecule has 9 heteroatoms. The molecule has 1 heterocycles. The quantitative estimate of drug-likeness (QED) is 0.591. The number of nitrogens with zero attached hydrogens (tertiary/aromatic N) is 1. The minimum Gasteiger partial charge on any atom is -0.376 e. The van der Waals surface area contributed by atoms with Crippen LogP contribution in [-0.4, -0.2) is 44.3 Å². The number of carbonyl (C=O) groups is 2. The lowest BCUT2D eigenvalue weighted by molar-refractivity contribution is -0.118. The van der Waals surface area contributed by atoms with Gasteiger partial charge in [0.15, 0.2) is 0 Å². The minimum atomic E-state index is -3.60. The molecule has 0 aliphatic carbocycles. The molecule has 1 aliphatic heterocycles. The Hall–Kier alpha value is -2.91. The average molecular weight is 459 g/mol. The van der Waals surface area contributed by atoms with Crippen molar-refractivity contribution in [1.82, 2.24) is 14.9 Å². The third-order valence-electron chi connectivity index (χ3n) is 5.37. The van der Waals surface area contributed by atoms with Gasteiger partial charge in [-0.05, 0) is 43.0 Å². The van der Waals surface area contributed by atoms with Crippen molar-refractivity contribution in [3.05, 3.63) is 59.7 Å². The fourth-order valence-electron chi connectivity index (χ4n) is 3.58. The lowest BCUT2D eigenvalue weighted by atomic mass is 10.2. The van der Waals surface area contributed by atoms with Gasteiger partial charge in [0, 0.05) is 25.3 Å². The molecule has 8 nitrogen and oxygen atoms in total. The number of benzene rings is 2. The van der Waals surface area contributed by atoms with Crippen LogP contribution in [0.2, 0.25) is 0 Å². The standard InChI is InChI=1S/C23H30N4O4S/c1-18-11-12-20(15-21(18)32(30,31)27-13-7-2-3-8-14-27)24-17-22(28)26-23(29)25-16-19-9-5-4-6-10-19/h4-6,9-12,15,24H,2-3,7-8,13-14,16-17H2,1H3,(H2,25,26,28,29). The average Bonchev–Trinajstić information content (AvgIpc) is 3.08. The molecule has 1 fully saturated rings. The molecule has 0 atom stereocenters. The van der Waals surface area contributed by atoms with Crippen LogP contribution in [-0.2, 0) is 21.4 Å². The lowest BCUT2D eigenvalue weighted by Crippen LogP contribution is -2.41. The summed E-state index contributed by atoms with van der Waals surface area (Å²) in [6.07, 6.45) is 3.81. The van der Waals surface area contributed by atoms with Gasteiger partial charge in [0.25, 0.3) is 0 Å². The predicted molar refractivity (Wildman–Crippen MR) is 124 cm³/mol. The van der Waals surface area contributed by atoms with Gasteiger partial charge >= 0.3 is 6.03 Å². The Kier molecular flexibility index (Phi) is 8.24. The predicted octanol–water partition coefficient (Wildman–Crippen LogP) is 3.00. The summed E-state index contributed by atoms with van der Waals surface area (Å²) < 4.78 is 27.9. The largest absolute Gasteiger partial charge is 0.376 e. The van der Waals surface area contributed by atoms with E-state index in [1.807, 2.05) is 30.3 Å². The summed E-state index contributed by atoms with van der Waals surface area (Å²) in [5, 5.41) is 7.78. The fourth-order valence-corrected chi connectivity index (χ4v) is 5.35. The second-order valence-corrected chi connectivity index (χ2v) is 9.77. The molecule has 0 spiro atoms. The second kappa shape index (κ2) is 11.1. The van der Waals surface area contributed by atoms with Gasteiger partial charge in [-0.1, -0.05) is 49.2 Å². The van der Waals surface area contributed by atoms with E-state index < -0.39 is 22.0 Å². The molecule has 0 bridgehead atoms. The van der Waals surface area contributed by atoms with Crippen LogP contribution in [0.1, 0.15) is 36.8 Å². The monoisotopic (exact) mass is 458 g/mol. The van der Waals surface area contributed by atoms with Crippen molar-refractivity contribution in [3.63, 3.8) is 0 Å². The maximum Gasteiger partial charge on any atom is 0.321 e. The Bertz CT molecular complexity index is 1030. The number of nitrogens with one attached hydrogen (secondary N) is 3. The molecule has 172 valence electrons. The Morgan fingerprint density at radius 2 is 1.66 bits per heavy atom. The topological polar surface area (TPSA) is 108 Å². The number of urea groups is 1. The van der Waals surface area contributed by atoms with Gasteiger partial charge < -0.3 is 10.6 Å². The molecule has 3 N–H and O–H groups in total. The summed E-state index contributed by atoms with van der Waals surface area (Å²) in [5.74, 6) is -0.520. The molecule has 3 amide bonds. The summed E-state index contributed by atoms with van der Waals surface area (Å²) in [6.45, 7) is 2.96.